The van der Waals surface area contributed by atoms with E-state index in [9.17, 15) is 4.79 Å². The minimum absolute atomic E-state index is 0.0443. The molecule has 9 aliphatic rings. The zero-order valence-corrected chi connectivity index (χ0v) is 23.9. The van der Waals surface area contributed by atoms with Crippen LogP contribution in [0.5, 0.6) is 0 Å². The number of carbonyl (C=O) groups excluding carboxylic acids is 1. The van der Waals surface area contributed by atoms with E-state index in [1.807, 2.05) is 0 Å². The Labute approximate surface area is 209 Å². The molecule has 0 aromatic heterocycles. The Bertz CT molecular complexity index is 912. The summed E-state index contributed by atoms with van der Waals surface area (Å²) in [5, 5.41) is 0. The molecule has 0 aromatic carbocycles. The third-order valence-corrected chi connectivity index (χ3v) is 15.4. The second kappa shape index (κ2) is 6.48. The Morgan fingerprint density at radius 1 is 0.618 bits per heavy atom. The molecule has 0 spiro atoms. The normalized spacial score (nSPS) is 57.5. The van der Waals surface area contributed by atoms with E-state index in [4.69, 9.17) is 4.74 Å². The highest BCUT2D eigenvalue weighted by atomic mass is 16.5. The van der Waals surface area contributed by atoms with E-state index >= 15 is 0 Å². The standard InChI is InChI=1S/C32H52O2/c1-18(33)34-26-17-21-15-24(29(21,6)7)32(26,10)31(9)23-14-20(28(23,4)5)16-25(31)30(8)12-11-19-13-22(30)27(19,2)3/h19-26H,11-17H2,1-10H3. The van der Waals surface area contributed by atoms with Gasteiger partial charge in [-0.15, -0.1) is 0 Å². The summed E-state index contributed by atoms with van der Waals surface area (Å²) in [4.78, 5) is 12.5. The van der Waals surface area contributed by atoms with Gasteiger partial charge in [-0.25, -0.2) is 0 Å². The molecule has 0 heterocycles. The minimum Gasteiger partial charge on any atom is -0.462 e. The smallest absolute Gasteiger partial charge is 0.302 e. The molecule has 0 N–H and O–H groups in total. The van der Waals surface area contributed by atoms with Crippen LogP contribution >= 0.6 is 0 Å². The second-order valence-corrected chi connectivity index (χ2v) is 16.7. The average molecular weight is 469 g/mol. The minimum atomic E-state index is -0.0658. The van der Waals surface area contributed by atoms with Crippen LogP contribution in [0.3, 0.4) is 0 Å². The molecule has 0 amide bonds. The van der Waals surface area contributed by atoms with Gasteiger partial charge in [-0.3, -0.25) is 4.79 Å². The summed E-state index contributed by atoms with van der Waals surface area (Å²) in [6.07, 6.45) is 9.58. The zero-order valence-electron chi connectivity index (χ0n) is 23.9. The first-order valence-electron chi connectivity index (χ1n) is 14.7. The van der Waals surface area contributed by atoms with Gasteiger partial charge < -0.3 is 4.74 Å². The van der Waals surface area contributed by atoms with Crippen LogP contribution < -0.4 is 0 Å². The second-order valence-electron chi connectivity index (χ2n) is 16.7. The van der Waals surface area contributed by atoms with Crippen LogP contribution in [0, 0.1) is 73.9 Å². The lowest BCUT2D eigenvalue weighted by atomic mass is 9.23. The highest BCUT2D eigenvalue weighted by molar-refractivity contribution is 5.66. The fourth-order valence-corrected chi connectivity index (χ4v) is 12.9. The van der Waals surface area contributed by atoms with Gasteiger partial charge in [0.1, 0.15) is 6.10 Å². The van der Waals surface area contributed by atoms with E-state index in [0.717, 1.165) is 36.0 Å². The summed E-state index contributed by atoms with van der Waals surface area (Å²) in [7, 11) is 0. The maximum absolute atomic E-state index is 12.5. The van der Waals surface area contributed by atoms with E-state index in [1.54, 1.807) is 6.92 Å². The van der Waals surface area contributed by atoms with Gasteiger partial charge in [-0.2, -0.15) is 0 Å². The first-order chi connectivity index (χ1) is 15.5. The first kappa shape index (κ1) is 23.8. The number of rotatable bonds is 3. The fraction of sp³-hybridized carbons (Fsp3) is 0.969. The quantitative estimate of drug-likeness (QED) is 0.391. The molecule has 0 aromatic rings. The highest BCUT2D eigenvalue weighted by Gasteiger charge is 2.79. The molecule has 0 radical (unpaired) electrons. The van der Waals surface area contributed by atoms with Crippen molar-refractivity contribution in [3.8, 4) is 0 Å². The van der Waals surface area contributed by atoms with Crippen molar-refractivity contribution in [2.24, 2.45) is 73.9 Å². The predicted octanol–water partition coefficient (Wildman–Crippen LogP) is 8.14. The number of esters is 1. The van der Waals surface area contributed by atoms with Crippen LogP contribution in [-0.4, -0.2) is 12.1 Å². The molecular weight excluding hydrogens is 416 g/mol. The van der Waals surface area contributed by atoms with Crippen molar-refractivity contribution in [1.82, 2.24) is 0 Å². The lowest BCUT2D eigenvalue weighted by Crippen LogP contribution is -2.77. The third kappa shape index (κ3) is 2.39. The van der Waals surface area contributed by atoms with Crippen LogP contribution in [-0.2, 0) is 9.53 Å². The molecule has 6 bridgehead atoms. The molecule has 0 saturated heterocycles. The molecule has 34 heavy (non-hydrogen) atoms. The van der Waals surface area contributed by atoms with Crippen LogP contribution in [0.2, 0.25) is 0 Å². The molecular formula is C32H52O2. The Morgan fingerprint density at radius 2 is 1.09 bits per heavy atom. The van der Waals surface area contributed by atoms with Crippen molar-refractivity contribution in [3.63, 3.8) is 0 Å². The lowest BCUT2D eigenvalue weighted by molar-refractivity contribution is -0.345. The molecule has 9 rings (SSSR count). The Kier molecular flexibility index (Phi) is 4.54. The largest absolute Gasteiger partial charge is 0.462 e. The molecule has 0 aliphatic heterocycles. The summed E-state index contributed by atoms with van der Waals surface area (Å²) in [5.41, 5.74) is 1.92. The number of fused-ring (bicyclic) bond motifs is 8. The Hall–Kier alpha value is -0.530. The lowest BCUT2D eigenvalue weighted by Gasteiger charge is -2.81. The van der Waals surface area contributed by atoms with Crippen molar-refractivity contribution in [3.05, 3.63) is 0 Å². The summed E-state index contributed by atoms with van der Waals surface area (Å²) in [5.74, 6) is 5.42. The van der Waals surface area contributed by atoms with E-state index < -0.39 is 0 Å². The van der Waals surface area contributed by atoms with Gasteiger partial charge in [0.15, 0.2) is 0 Å². The van der Waals surface area contributed by atoms with Crippen LogP contribution in [0.4, 0.5) is 0 Å². The third-order valence-electron chi connectivity index (χ3n) is 15.4. The number of hydrogen-bond acceptors (Lipinski definition) is 2. The first-order valence-corrected chi connectivity index (χ1v) is 14.7. The molecule has 2 nitrogen and oxygen atoms in total. The number of ether oxygens (including phenoxy) is 1. The van der Waals surface area contributed by atoms with Gasteiger partial charge in [-0.05, 0) is 113 Å². The van der Waals surface area contributed by atoms with Crippen LogP contribution in [0.1, 0.15) is 114 Å². The van der Waals surface area contributed by atoms with Gasteiger partial charge in [0.05, 0.1) is 0 Å². The summed E-state index contributed by atoms with van der Waals surface area (Å²) in [6.45, 7) is 25.1. The SMILES string of the molecule is CC(=O)OC1CC2CC(C2(C)C)C1(C)C1(C)C2CC(CC1C1(C)CCC3CC1C3(C)C)C2(C)C. The van der Waals surface area contributed by atoms with Crippen molar-refractivity contribution in [1.29, 1.82) is 0 Å². The van der Waals surface area contributed by atoms with Crippen molar-refractivity contribution in [2.75, 3.05) is 0 Å². The zero-order chi connectivity index (χ0) is 24.9. The van der Waals surface area contributed by atoms with E-state index in [1.165, 1.54) is 38.5 Å². The fourth-order valence-electron chi connectivity index (χ4n) is 12.9. The van der Waals surface area contributed by atoms with Gasteiger partial charge >= 0.3 is 5.97 Å². The van der Waals surface area contributed by atoms with E-state index in [2.05, 4.69) is 62.3 Å². The van der Waals surface area contributed by atoms with E-state index in [0.29, 0.717) is 33.5 Å². The predicted molar refractivity (Wildman–Crippen MR) is 138 cm³/mol. The monoisotopic (exact) mass is 468 g/mol. The summed E-state index contributed by atoms with van der Waals surface area (Å²) < 4.78 is 6.36. The topological polar surface area (TPSA) is 26.3 Å². The van der Waals surface area contributed by atoms with Gasteiger partial charge in [0.2, 0.25) is 0 Å². The molecule has 9 fully saturated rings. The number of carbonyl (C=O) groups is 1. The number of hydrogen-bond donors (Lipinski definition) is 0. The molecule has 2 heteroatoms. The van der Waals surface area contributed by atoms with Gasteiger partial charge in [-0.1, -0.05) is 62.3 Å². The van der Waals surface area contributed by atoms with E-state index in [-0.39, 0.29) is 22.9 Å². The Balaban J connectivity index is 1.51. The van der Waals surface area contributed by atoms with Crippen LogP contribution in [0.25, 0.3) is 0 Å². The van der Waals surface area contributed by atoms with Crippen molar-refractivity contribution >= 4 is 5.97 Å². The van der Waals surface area contributed by atoms with Gasteiger partial charge in [0, 0.05) is 12.3 Å². The maximum Gasteiger partial charge on any atom is 0.302 e. The van der Waals surface area contributed by atoms with Gasteiger partial charge in [0.25, 0.3) is 0 Å². The maximum atomic E-state index is 12.5. The molecule has 9 saturated carbocycles. The molecule has 11 unspecified atom stereocenters. The molecule has 192 valence electrons. The summed E-state index contributed by atoms with van der Waals surface area (Å²) >= 11 is 0. The van der Waals surface area contributed by atoms with Crippen molar-refractivity contribution in [2.45, 2.75) is 120 Å². The average Bonchev–Trinajstić information content (AvgIpc) is 2.73. The highest BCUT2D eigenvalue weighted by Crippen LogP contribution is 2.83. The molecule has 11 atom stereocenters. The van der Waals surface area contributed by atoms with Crippen molar-refractivity contribution < 1.29 is 9.53 Å². The van der Waals surface area contributed by atoms with Crippen LogP contribution in [0.15, 0.2) is 0 Å². The molecule has 9 aliphatic carbocycles. The Morgan fingerprint density at radius 3 is 1.59 bits per heavy atom. The summed E-state index contributed by atoms with van der Waals surface area (Å²) in [6, 6.07) is 0.